The van der Waals surface area contributed by atoms with Crippen LogP contribution in [-0.4, -0.2) is 89.1 Å². The van der Waals surface area contributed by atoms with E-state index in [0.29, 0.717) is 56.3 Å². The molecule has 9 nitrogen and oxygen atoms in total. The van der Waals surface area contributed by atoms with Crippen molar-refractivity contribution >= 4 is 44.8 Å². The Morgan fingerprint density at radius 3 is 2.28 bits per heavy atom. The zero-order valence-corrected chi connectivity index (χ0v) is 22.5. The smallest absolute Gasteiger partial charge is 0.245 e. The van der Waals surface area contributed by atoms with Crippen LogP contribution in [0.2, 0.25) is 5.02 Å². The van der Waals surface area contributed by atoms with E-state index < -0.39 is 16.1 Å². The predicted octanol–water partition coefficient (Wildman–Crippen LogP) is 2.04. The molecule has 2 aromatic rings. The first kappa shape index (κ1) is 27.8. The quantitative estimate of drug-likeness (QED) is 0.483. The highest BCUT2D eigenvalue weighted by atomic mass is 35.5. The van der Waals surface area contributed by atoms with Crippen LogP contribution in [0.25, 0.3) is 0 Å². The molecule has 2 amide bonds. The molecule has 2 aromatic carbocycles. The Morgan fingerprint density at radius 1 is 1.03 bits per heavy atom. The van der Waals surface area contributed by atoms with Crippen molar-refractivity contribution in [2.24, 2.45) is 0 Å². The molecule has 1 atom stereocenters. The number of rotatable bonds is 10. The minimum absolute atomic E-state index is 0.134. The van der Waals surface area contributed by atoms with Crippen LogP contribution in [0, 0.1) is 0 Å². The molecule has 0 unspecified atom stereocenters. The number of carbonyl (C=O) groups excluding carboxylic acids is 2. The molecule has 2 N–H and O–H groups in total. The van der Waals surface area contributed by atoms with Crippen LogP contribution in [0.3, 0.4) is 0 Å². The van der Waals surface area contributed by atoms with Crippen molar-refractivity contribution in [3.05, 3.63) is 59.1 Å². The molecule has 1 aliphatic heterocycles. The number of hydrogen-bond donors (Lipinski definition) is 2. The number of amides is 2. The third-order valence-electron chi connectivity index (χ3n) is 5.90. The number of hydrogen-bond acceptors (Lipinski definition) is 6. The van der Waals surface area contributed by atoms with Gasteiger partial charge in [-0.3, -0.25) is 14.3 Å². The second-order valence-electron chi connectivity index (χ2n) is 9.21. The number of nitrogens with zero attached hydrogens (tertiary/aromatic N) is 3. The Kier molecular flexibility index (Phi) is 9.58. The molecule has 0 saturated carbocycles. The van der Waals surface area contributed by atoms with Crippen molar-refractivity contribution in [2.75, 3.05) is 62.7 Å². The van der Waals surface area contributed by atoms with Gasteiger partial charge >= 0.3 is 0 Å². The van der Waals surface area contributed by atoms with E-state index in [2.05, 4.69) is 14.9 Å². The first-order valence-corrected chi connectivity index (χ1v) is 14.1. The van der Waals surface area contributed by atoms with Crippen LogP contribution in [-0.2, 0) is 26.0 Å². The largest absolute Gasteiger partial charge is 0.366 e. The average molecular weight is 536 g/mol. The molecule has 3 rings (SSSR count). The number of halogens is 1. The predicted molar refractivity (Wildman–Crippen MR) is 144 cm³/mol. The SMILES string of the molecule is CN(C)CCC(=O)N[C@H](Cc1ccc(Cl)cc1)C(=O)N1CCN(c2ccccc2NS(C)(=O)=O)CC1. The van der Waals surface area contributed by atoms with Crippen molar-refractivity contribution in [1.82, 2.24) is 15.1 Å². The molecular formula is C25H34ClN5O4S. The van der Waals surface area contributed by atoms with Crippen molar-refractivity contribution in [3.63, 3.8) is 0 Å². The molecule has 0 bridgehead atoms. The Bertz CT molecular complexity index is 1150. The lowest BCUT2D eigenvalue weighted by atomic mass is 10.0. The first-order chi connectivity index (χ1) is 17.0. The van der Waals surface area contributed by atoms with Crippen LogP contribution >= 0.6 is 11.6 Å². The van der Waals surface area contributed by atoms with Gasteiger partial charge in [-0.25, -0.2) is 8.42 Å². The van der Waals surface area contributed by atoms with Gasteiger partial charge in [0.1, 0.15) is 6.04 Å². The summed E-state index contributed by atoms with van der Waals surface area (Å²) in [5, 5.41) is 3.54. The van der Waals surface area contributed by atoms with E-state index in [1.165, 1.54) is 0 Å². The zero-order chi connectivity index (χ0) is 26.3. The molecule has 1 saturated heterocycles. The van der Waals surface area contributed by atoms with Gasteiger partial charge in [-0.1, -0.05) is 35.9 Å². The van der Waals surface area contributed by atoms with E-state index in [0.717, 1.165) is 17.5 Å². The summed E-state index contributed by atoms with van der Waals surface area (Å²) in [6.45, 7) is 2.58. The van der Waals surface area contributed by atoms with Gasteiger partial charge < -0.3 is 20.0 Å². The maximum atomic E-state index is 13.5. The summed E-state index contributed by atoms with van der Waals surface area (Å²) in [5.41, 5.74) is 2.18. The number of sulfonamides is 1. The zero-order valence-electron chi connectivity index (χ0n) is 20.9. The summed E-state index contributed by atoms with van der Waals surface area (Å²) < 4.78 is 26.1. The van der Waals surface area contributed by atoms with Gasteiger partial charge in [-0.05, 0) is 43.9 Å². The molecule has 1 heterocycles. The average Bonchev–Trinajstić information content (AvgIpc) is 2.83. The second kappa shape index (κ2) is 12.4. The number of anilines is 2. The highest BCUT2D eigenvalue weighted by Crippen LogP contribution is 2.27. The summed E-state index contributed by atoms with van der Waals surface area (Å²) in [7, 11) is 0.370. The van der Waals surface area contributed by atoms with Gasteiger partial charge in [0.2, 0.25) is 21.8 Å². The van der Waals surface area contributed by atoms with E-state index in [1.54, 1.807) is 29.2 Å². The lowest BCUT2D eigenvalue weighted by Gasteiger charge is -2.38. The fourth-order valence-electron chi connectivity index (χ4n) is 4.07. The van der Waals surface area contributed by atoms with E-state index in [1.807, 2.05) is 43.3 Å². The van der Waals surface area contributed by atoms with Gasteiger partial charge in [0.15, 0.2) is 0 Å². The summed E-state index contributed by atoms with van der Waals surface area (Å²) in [4.78, 5) is 31.8. The molecule has 196 valence electrons. The Morgan fingerprint density at radius 2 is 1.67 bits per heavy atom. The van der Waals surface area contributed by atoms with Gasteiger partial charge in [-0.15, -0.1) is 0 Å². The molecule has 36 heavy (non-hydrogen) atoms. The maximum Gasteiger partial charge on any atom is 0.245 e. The number of para-hydroxylation sites is 2. The summed E-state index contributed by atoms with van der Waals surface area (Å²) in [6.07, 6.45) is 1.79. The molecule has 1 aliphatic rings. The van der Waals surface area contributed by atoms with E-state index >= 15 is 0 Å². The maximum absolute atomic E-state index is 13.5. The van der Waals surface area contributed by atoms with Crippen LogP contribution < -0.4 is 14.9 Å². The van der Waals surface area contributed by atoms with Crippen molar-refractivity contribution in [2.45, 2.75) is 18.9 Å². The normalized spacial score (nSPS) is 15.0. The lowest BCUT2D eigenvalue weighted by molar-refractivity contribution is -0.136. The number of carbonyl (C=O) groups is 2. The number of nitrogens with one attached hydrogen (secondary N) is 2. The fourth-order valence-corrected chi connectivity index (χ4v) is 4.77. The first-order valence-electron chi connectivity index (χ1n) is 11.8. The van der Waals surface area contributed by atoms with Gasteiger partial charge in [-0.2, -0.15) is 0 Å². The Labute approximate surface area is 218 Å². The lowest BCUT2D eigenvalue weighted by Crippen LogP contribution is -2.55. The number of benzene rings is 2. The standard InChI is InChI=1S/C25H34ClN5O4S/c1-29(2)13-12-24(32)27-22(18-19-8-10-20(26)11-9-19)25(33)31-16-14-30(15-17-31)23-7-5-4-6-21(23)28-36(3,34)35/h4-11,22,28H,12-18H2,1-3H3,(H,27,32)/t22-/m1/s1. The van der Waals surface area contributed by atoms with E-state index in [9.17, 15) is 18.0 Å². The van der Waals surface area contributed by atoms with Crippen molar-refractivity contribution < 1.29 is 18.0 Å². The Hall–Kier alpha value is -2.82. The van der Waals surface area contributed by atoms with Crippen molar-refractivity contribution in [1.29, 1.82) is 0 Å². The third-order valence-corrected chi connectivity index (χ3v) is 6.75. The van der Waals surface area contributed by atoms with Gasteiger partial charge in [0.25, 0.3) is 0 Å². The minimum atomic E-state index is -3.42. The fraction of sp³-hybridized carbons (Fsp3) is 0.440. The van der Waals surface area contributed by atoms with Gasteiger partial charge in [0.05, 0.1) is 17.6 Å². The van der Waals surface area contributed by atoms with E-state index in [-0.39, 0.29) is 11.8 Å². The highest BCUT2D eigenvalue weighted by molar-refractivity contribution is 7.92. The summed E-state index contributed by atoms with van der Waals surface area (Å²) >= 11 is 6.01. The Balaban J connectivity index is 1.69. The highest BCUT2D eigenvalue weighted by Gasteiger charge is 2.29. The summed E-state index contributed by atoms with van der Waals surface area (Å²) in [5.74, 6) is -0.305. The molecule has 11 heteroatoms. The van der Waals surface area contributed by atoms with Crippen molar-refractivity contribution in [3.8, 4) is 0 Å². The monoisotopic (exact) mass is 535 g/mol. The molecule has 1 fully saturated rings. The van der Waals surface area contributed by atoms with Gasteiger partial charge in [0, 0.05) is 50.6 Å². The van der Waals surface area contributed by atoms with Crippen LogP contribution in [0.1, 0.15) is 12.0 Å². The molecule has 0 radical (unpaired) electrons. The molecule has 0 spiro atoms. The minimum Gasteiger partial charge on any atom is -0.366 e. The third kappa shape index (κ3) is 8.39. The van der Waals surface area contributed by atoms with Crippen LogP contribution in [0.15, 0.2) is 48.5 Å². The van der Waals surface area contributed by atoms with Crippen LogP contribution in [0.4, 0.5) is 11.4 Å². The molecular weight excluding hydrogens is 502 g/mol. The van der Waals surface area contributed by atoms with E-state index in [4.69, 9.17) is 11.6 Å². The number of piperazine rings is 1. The molecule has 0 aliphatic carbocycles. The topological polar surface area (TPSA) is 102 Å². The summed E-state index contributed by atoms with van der Waals surface area (Å²) in [6, 6.07) is 13.8. The van der Waals surface area contributed by atoms with Crippen LogP contribution in [0.5, 0.6) is 0 Å². The second-order valence-corrected chi connectivity index (χ2v) is 11.4. The molecule has 0 aromatic heterocycles.